The molecule has 5 nitrogen and oxygen atoms in total. The highest BCUT2D eigenvalue weighted by atomic mass is 32.2. The number of likely N-dealkylation sites (tertiary alicyclic amines) is 1. The molecule has 0 saturated carbocycles. The van der Waals surface area contributed by atoms with Gasteiger partial charge in [-0.2, -0.15) is 11.8 Å². The SMILES string of the molecule is CC1CCCN1C(=O)c1cc(C(=O)O)c2n1CCSC2. The largest absolute Gasteiger partial charge is 0.478 e. The first-order valence-corrected chi connectivity index (χ1v) is 8.09. The van der Waals surface area contributed by atoms with E-state index in [0.717, 1.165) is 37.4 Å². The molecule has 0 spiro atoms. The van der Waals surface area contributed by atoms with Gasteiger partial charge in [-0.1, -0.05) is 0 Å². The molecule has 1 saturated heterocycles. The van der Waals surface area contributed by atoms with Crippen LogP contribution in [0, 0.1) is 0 Å². The standard InChI is InChI=1S/C14H18N2O3S/c1-9-3-2-4-15(9)13(17)11-7-10(14(18)19)12-8-20-6-5-16(11)12/h7,9H,2-6,8H2,1H3,(H,18,19). The van der Waals surface area contributed by atoms with E-state index in [4.69, 9.17) is 0 Å². The first kappa shape index (κ1) is 13.5. The maximum absolute atomic E-state index is 12.7. The van der Waals surface area contributed by atoms with Crippen LogP contribution >= 0.6 is 11.8 Å². The van der Waals surface area contributed by atoms with Crippen molar-refractivity contribution in [3.63, 3.8) is 0 Å². The highest BCUT2D eigenvalue weighted by molar-refractivity contribution is 7.98. The summed E-state index contributed by atoms with van der Waals surface area (Å²) in [4.78, 5) is 25.9. The molecule has 1 amide bonds. The van der Waals surface area contributed by atoms with Gasteiger partial charge in [-0.3, -0.25) is 4.79 Å². The van der Waals surface area contributed by atoms with Crippen LogP contribution in [-0.4, -0.2) is 44.8 Å². The summed E-state index contributed by atoms with van der Waals surface area (Å²) >= 11 is 1.72. The van der Waals surface area contributed by atoms with E-state index in [1.807, 2.05) is 9.47 Å². The zero-order chi connectivity index (χ0) is 14.3. The molecular formula is C14H18N2O3S. The normalized spacial score (nSPS) is 21.9. The van der Waals surface area contributed by atoms with E-state index < -0.39 is 5.97 Å². The maximum atomic E-state index is 12.7. The second-order valence-electron chi connectivity index (χ2n) is 5.39. The summed E-state index contributed by atoms with van der Waals surface area (Å²) < 4.78 is 1.91. The van der Waals surface area contributed by atoms with E-state index in [9.17, 15) is 14.7 Å². The molecule has 1 aromatic heterocycles. The minimum atomic E-state index is -0.940. The Bertz CT molecular complexity index is 567. The molecule has 6 heteroatoms. The highest BCUT2D eigenvalue weighted by Crippen LogP contribution is 2.28. The lowest BCUT2D eigenvalue weighted by atomic mass is 10.2. The van der Waals surface area contributed by atoms with Crippen LogP contribution in [-0.2, 0) is 12.3 Å². The number of carbonyl (C=O) groups is 2. The smallest absolute Gasteiger partial charge is 0.337 e. The van der Waals surface area contributed by atoms with Crippen LogP contribution in [0.15, 0.2) is 6.07 Å². The molecule has 0 aromatic carbocycles. The Labute approximate surface area is 121 Å². The Hall–Kier alpha value is -1.43. The van der Waals surface area contributed by atoms with Gasteiger partial charge in [0.1, 0.15) is 5.69 Å². The summed E-state index contributed by atoms with van der Waals surface area (Å²) in [5, 5.41) is 9.31. The third-order valence-electron chi connectivity index (χ3n) is 4.17. The number of fused-ring (bicyclic) bond motifs is 1. The molecule has 2 aliphatic rings. The van der Waals surface area contributed by atoms with Crippen molar-refractivity contribution >= 4 is 23.6 Å². The number of nitrogens with zero attached hydrogens (tertiary/aromatic N) is 2. The Morgan fingerprint density at radius 3 is 2.85 bits per heavy atom. The molecule has 0 aliphatic carbocycles. The van der Waals surface area contributed by atoms with Crippen LogP contribution in [0.3, 0.4) is 0 Å². The number of aromatic carboxylic acids is 1. The molecule has 1 atom stereocenters. The lowest BCUT2D eigenvalue weighted by molar-refractivity contribution is 0.0695. The van der Waals surface area contributed by atoms with E-state index >= 15 is 0 Å². The number of carbonyl (C=O) groups excluding carboxylic acids is 1. The summed E-state index contributed by atoms with van der Waals surface area (Å²) in [6, 6.07) is 1.82. The first-order chi connectivity index (χ1) is 9.59. The fraction of sp³-hybridized carbons (Fsp3) is 0.571. The van der Waals surface area contributed by atoms with E-state index in [0.29, 0.717) is 11.4 Å². The Morgan fingerprint density at radius 1 is 1.40 bits per heavy atom. The highest BCUT2D eigenvalue weighted by Gasteiger charge is 2.31. The predicted octanol–water partition coefficient (Wildman–Crippen LogP) is 2.06. The molecule has 2 aliphatic heterocycles. The van der Waals surface area contributed by atoms with Crippen molar-refractivity contribution in [1.82, 2.24) is 9.47 Å². The van der Waals surface area contributed by atoms with Gasteiger partial charge >= 0.3 is 5.97 Å². The average Bonchev–Trinajstić information content (AvgIpc) is 3.01. The lowest BCUT2D eigenvalue weighted by Crippen LogP contribution is -2.35. The summed E-state index contributed by atoms with van der Waals surface area (Å²) in [5.41, 5.74) is 1.61. The van der Waals surface area contributed by atoms with Crippen molar-refractivity contribution in [2.75, 3.05) is 12.3 Å². The van der Waals surface area contributed by atoms with E-state index in [2.05, 4.69) is 6.92 Å². The number of amides is 1. The van der Waals surface area contributed by atoms with Crippen molar-refractivity contribution in [3.05, 3.63) is 23.0 Å². The van der Waals surface area contributed by atoms with Gasteiger partial charge in [0.15, 0.2) is 0 Å². The molecule has 20 heavy (non-hydrogen) atoms. The molecule has 1 N–H and O–H groups in total. The topological polar surface area (TPSA) is 62.5 Å². The fourth-order valence-electron chi connectivity index (χ4n) is 3.07. The van der Waals surface area contributed by atoms with E-state index in [1.165, 1.54) is 0 Å². The molecule has 0 bridgehead atoms. The van der Waals surface area contributed by atoms with Crippen LogP contribution in [0.1, 0.15) is 46.3 Å². The zero-order valence-electron chi connectivity index (χ0n) is 11.5. The van der Waals surface area contributed by atoms with Gasteiger partial charge in [-0.05, 0) is 25.8 Å². The number of hydrogen-bond acceptors (Lipinski definition) is 3. The Morgan fingerprint density at radius 2 is 2.20 bits per heavy atom. The fourth-order valence-corrected chi connectivity index (χ4v) is 4.03. The molecule has 3 rings (SSSR count). The number of aromatic nitrogens is 1. The van der Waals surface area contributed by atoms with Gasteiger partial charge in [0.25, 0.3) is 5.91 Å². The molecular weight excluding hydrogens is 276 g/mol. The van der Waals surface area contributed by atoms with Crippen molar-refractivity contribution in [2.45, 2.75) is 38.1 Å². The van der Waals surface area contributed by atoms with Gasteiger partial charge in [0.05, 0.1) is 5.56 Å². The molecule has 1 fully saturated rings. The van der Waals surface area contributed by atoms with Gasteiger partial charge in [-0.25, -0.2) is 4.79 Å². The molecule has 1 unspecified atom stereocenters. The summed E-state index contributed by atoms with van der Waals surface area (Å²) in [5.74, 6) is 0.640. The van der Waals surface area contributed by atoms with Crippen LogP contribution in [0.2, 0.25) is 0 Å². The molecule has 3 heterocycles. The number of rotatable bonds is 2. The summed E-state index contributed by atoms with van der Waals surface area (Å²) in [6.45, 7) is 3.55. The lowest BCUT2D eigenvalue weighted by Gasteiger charge is -2.24. The van der Waals surface area contributed by atoms with Crippen molar-refractivity contribution < 1.29 is 14.7 Å². The number of carboxylic acid groups (broad SMARTS) is 1. The van der Waals surface area contributed by atoms with Crippen LogP contribution < -0.4 is 0 Å². The summed E-state index contributed by atoms with van der Waals surface area (Å²) in [6.07, 6.45) is 2.06. The van der Waals surface area contributed by atoms with Crippen LogP contribution in [0.25, 0.3) is 0 Å². The number of hydrogen-bond donors (Lipinski definition) is 1. The van der Waals surface area contributed by atoms with Gasteiger partial charge in [-0.15, -0.1) is 0 Å². The quantitative estimate of drug-likeness (QED) is 0.907. The third kappa shape index (κ3) is 2.12. The van der Waals surface area contributed by atoms with Gasteiger partial charge in [0.2, 0.25) is 0 Å². The minimum Gasteiger partial charge on any atom is -0.478 e. The van der Waals surface area contributed by atoms with Crippen molar-refractivity contribution in [1.29, 1.82) is 0 Å². The summed E-state index contributed by atoms with van der Waals surface area (Å²) in [7, 11) is 0. The average molecular weight is 294 g/mol. The van der Waals surface area contributed by atoms with Crippen molar-refractivity contribution in [3.8, 4) is 0 Å². The van der Waals surface area contributed by atoms with E-state index in [-0.39, 0.29) is 17.5 Å². The van der Waals surface area contributed by atoms with Gasteiger partial charge in [0, 0.05) is 36.3 Å². The first-order valence-electron chi connectivity index (χ1n) is 6.94. The monoisotopic (exact) mass is 294 g/mol. The van der Waals surface area contributed by atoms with Crippen molar-refractivity contribution in [2.24, 2.45) is 0 Å². The van der Waals surface area contributed by atoms with Gasteiger partial charge < -0.3 is 14.6 Å². The van der Waals surface area contributed by atoms with Crippen LogP contribution in [0.4, 0.5) is 0 Å². The second kappa shape index (κ2) is 5.16. The molecule has 1 aromatic rings. The second-order valence-corrected chi connectivity index (χ2v) is 6.49. The predicted molar refractivity (Wildman–Crippen MR) is 77.3 cm³/mol. The maximum Gasteiger partial charge on any atom is 0.337 e. The zero-order valence-corrected chi connectivity index (χ0v) is 12.3. The number of carboxylic acids is 1. The molecule has 108 valence electrons. The Balaban J connectivity index is 2.01. The molecule has 0 radical (unpaired) electrons. The minimum absolute atomic E-state index is 0.0179. The third-order valence-corrected chi connectivity index (χ3v) is 5.12. The van der Waals surface area contributed by atoms with Crippen LogP contribution in [0.5, 0.6) is 0 Å². The number of thioether (sulfide) groups is 1. The Kier molecular flexibility index (Phi) is 3.50. The van der Waals surface area contributed by atoms with E-state index in [1.54, 1.807) is 17.8 Å².